The van der Waals surface area contributed by atoms with Crippen molar-refractivity contribution < 1.29 is 0 Å². The standard InChI is InChI=1S/C20H19BrN2/c1-20(2,3)16-8-11-23-19(12-16)15-6-4-14(5-7-15)17-9-10-22-13-18(17)21/h4-13H,1-3H3. The molecule has 0 atom stereocenters. The van der Waals surface area contributed by atoms with Crippen LogP contribution in [0.15, 0.2) is 65.5 Å². The summed E-state index contributed by atoms with van der Waals surface area (Å²) in [7, 11) is 0. The molecule has 0 spiro atoms. The summed E-state index contributed by atoms with van der Waals surface area (Å²) in [4.78, 5) is 8.64. The molecular weight excluding hydrogens is 348 g/mol. The fraction of sp³-hybridized carbons (Fsp3) is 0.200. The molecule has 0 aliphatic carbocycles. The van der Waals surface area contributed by atoms with Crippen molar-refractivity contribution in [1.82, 2.24) is 9.97 Å². The van der Waals surface area contributed by atoms with Crippen molar-refractivity contribution in [3.05, 3.63) is 71.1 Å². The Labute approximate surface area is 145 Å². The minimum Gasteiger partial charge on any atom is -0.264 e. The van der Waals surface area contributed by atoms with Crippen LogP contribution in [0.2, 0.25) is 0 Å². The van der Waals surface area contributed by atoms with Crippen molar-refractivity contribution in [2.24, 2.45) is 0 Å². The first-order valence-corrected chi connectivity index (χ1v) is 8.41. The molecule has 3 rings (SSSR count). The van der Waals surface area contributed by atoms with Crippen molar-refractivity contribution in [3.8, 4) is 22.4 Å². The maximum Gasteiger partial charge on any atom is 0.0704 e. The summed E-state index contributed by atoms with van der Waals surface area (Å²) in [5.41, 5.74) is 5.86. The highest BCUT2D eigenvalue weighted by Crippen LogP contribution is 2.30. The van der Waals surface area contributed by atoms with Crippen molar-refractivity contribution in [2.45, 2.75) is 26.2 Å². The zero-order valence-corrected chi connectivity index (χ0v) is 15.1. The Morgan fingerprint density at radius 3 is 2.22 bits per heavy atom. The van der Waals surface area contributed by atoms with Gasteiger partial charge in [0.15, 0.2) is 0 Å². The largest absolute Gasteiger partial charge is 0.264 e. The predicted octanol–water partition coefficient (Wildman–Crippen LogP) is 5.87. The van der Waals surface area contributed by atoms with Gasteiger partial charge in [0.25, 0.3) is 0 Å². The number of benzene rings is 1. The molecule has 0 amide bonds. The lowest BCUT2D eigenvalue weighted by Gasteiger charge is -2.19. The van der Waals surface area contributed by atoms with Gasteiger partial charge < -0.3 is 0 Å². The van der Waals surface area contributed by atoms with E-state index in [0.717, 1.165) is 26.9 Å². The number of halogens is 1. The molecule has 0 saturated carbocycles. The van der Waals surface area contributed by atoms with E-state index in [1.807, 2.05) is 24.7 Å². The van der Waals surface area contributed by atoms with Gasteiger partial charge in [0.05, 0.1) is 5.69 Å². The van der Waals surface area contributed by atoms with Crippen LogP contribution < -0.4 is 0 Å². The minimum atomic E-state index is 0.125. The van der Waals surface area contributed by atoms with Gasteiger partial charge in [0.2, 0.25) is 0 Å². The molecule has 3 heteroatoms. The van der Waals surface area contributed by atoms with Gasteiger partial charge in [0.1, 0.15) is 0 Å². The van der Waals surface area contributed by atoms with Crippen molar-refractivity contribution in [3.63, 3.8) is 0 Å². The van der Waals surface area contributed by atoms with E-state index in [9.17, 15) is 0 Å². The van der Waals surface area contributed by atoms with Crippen molar-refractivity contribution in [1.29, 1.82) is 0 Å². The molecule has 0 radical (unpaired) electrons. The molecule has 0 aliphatic heterocycles. The fourth-order valence-corrected chi connectivity index (χ4v) is 2.96. The third-order valence-electron chi connectivity index (χ3n) is 3.89. The Kier molecular flexibility index (Phi) is 4.31. The maximum absolute atomic E-state index is 4.52. The molecule has 0 bridgehead atoms. The van der Waals surface area contributed by atoms with Crippen LogP contribution in [0.25, 0.3) is 22.4 Å². The molecule has 0 aliphatic rings. The summed E-state index contributed by atoms with van der Waals surface area (Å²) in [6, 6.07) is 14.8. The molecule has 0 saturated heterocycles. The Morgan fingerprint density at radius 2 is 1.57 bits per heavy atom. The lowest BCUT2D eigenvalue weighted by Crippen LogP contribution is -2.11. The molecule has 2 aromatic heterocycles. The van der Waals surface area contributed by atoms with Crippen LogP contribution in [-0.2, 0) is 5.41 Å². The SMILES string of the molecule is CC(C)(C)c1ccnc(-c2ccc(-c3ccncc3Br)cc2)c1. The van der Waals surface area contributed by atoms with Crippen LogP contribution in [0.1, 0.15) is 26.3 Å². The highest BCUT2D eigenvalue weighted by Gasteiger charge is 2.14. The summed E-state index contributed by atoms with van der Waals surface area (Å²) >= 11 is 3.55. The second-order valence-corrected chi connectivity index (χ2v) is 7.47. The van der Waals surface area contributed by atoms with Gasteiger partial charge in [-0.3, -0.25) is 9.97 Å². The number of rotatable bonds is 2. The van der Waals surface area contributed by atoms with Crippen molar-refractivity contribution in [2.75, 3.05) is 0 Å². The van der Waals surface area contributed by atoms with Crippen LogP contribution in [0, 0.1) is 0 Å². The summed E-state index contributed by atoms with van der Waals surface area (Å²) in [6.45, 7) is 6.66. The van der Waals surface area contributed by atoms with E-state index in [0.29, 0.717) is 0 Å². The average molecular weight is 367 g/mol. The summed E-state index contributed by atoms with van der Waals surface area (Å²) in [5, 5.41) is 0. The van der Waals surface area contributed by atoms with Gasteiger partial charge in [-0.2, -0.15) is 0 Å². The van der Waals surface area contributed by atoms with Gasteiger partial charge in [0, 0.05) is 28.6 Å². The smallest absolute Gasteiger partial charge is 0.0704 e. The normalized spacial score (nSPS) is 11.5. The van der Waals surface area contributed by atoms with E-state index in [4.69, 9.17) is 0 Å². The van der Waals surface area contributed by atoms with Gasteiger partial charge in [-0.25, -0.2) is 0 Å². The molecule has 0 unspecified atom stereocenters. The van der Waals surface area contributed by atoms with E-state index >= 15 is 0 Å². The molecule has 1 aromatic carbocycles. The first-order chi connectivity index (χ1) is 10.9. The molecule has 2 nitrogen and oxygen atoms in total. The third-order valence-corrected chi connectivity index (χ3v) is 4.52. The predicted molar refractivity (Wildman–Crippen MR) is 99.3 cm³/mol. The van der Waals surface area contributed by atoms with Crippen LogP contribution in [0.4, 0.5) is 0 Å². The van der Waals surface area contributed by atoms with E-state index in [1.165, 1.54) is 5.56 Å². The van der Waals surface area contributed by atoms with Gasteiger partial charge in [-0.15, -0.1) is 0 Å². The summed E-state index contributed by atoms with van der Waals surface area (Å²) in [6.07, 6.45) is 5.52. The number of nitrogens with zero attached hydrogens (tertiary/aromatic N) is 2. The van der Waals surface area contributed by atoms with Crippen LogP contribution in [0.3, 0.4) is 0 Å². The minimum absolute atomic E-state index is 0.125. The number of hydrogen-bond acceptors (Lipinski definition) is 2. The molecule has 2 heterocycles. The van der Waals surface area contributed by atoms with Crippen LogP contribution in [-0.4, -0.2) is 9.97 Å². The Balaban J connectivity index is 1.96. The third kappa shape index (κ3) is 3.50. The number of pyridine rings is 2. The first-order valence-electron chi connectivity index (χ1n) is 7.62. The van der Waals surface area contributed by atoms with E-state index < -0.39 is 0 Å². The van der Waals surface area contributed by atoms with Crippen LogP contribution in [0.5, 0.6) is 0 Å². The second kappa shape index (κ2) is 6.25. The average Bonchev–Trinajstić information content (AvgIpc) is 2.55. The zero-order valence-electron chi connectivity index (χ0n) is 13.5. The highest BCUT2D eigenvalue weighted by molar-refractivity contribution is 9.10. The first kappa shape index (κ1) is 15.9. The number of aromatic nitrogens is 2. The van der Waals surface area contributed by atoms with E-state index in [1.54, 1.807) is 0 Å². The fourth-order valence-electron chi connectivity index (χ4n) is 2.48. The van der Waals surface area contributed by atoms with E-state index in [-0.39, 0.29) is 5.41 Å². The van der Waals surface area contributed by atoms with E-state index in [2.05, 4.69) is 83.1 Å². The van der Waals surface area contributed by atoms with Gasteiger partial charge >= 0.3 is 0 Å². The summed E-state index contributed by atoms with van der Waals surface area (Å²) in [5.74, 6) is 0. The van der Waals surface area contributed by atoms with Crippen LogP contribution >= 0.6 is 15.9 Å². The quantitative estimate of drug-likeness (QED) is 0.566. The molecule has 116 valence electrons. The molecular formula is C20H19BrN2. The zero-order chi connectivity index (χ0) is 16.4. The monoisotopic (exact) mass is 366 g/mol. The maximum atomic E-state index is 4.52. The lowest BCUT2D eigenvalue weighted by atomic mass is 9.87. The highest BCUT2D eigenvalue weighted by atomic mass is 79.9. The Hall–Kier alpha value is -2.00. The Morgan fingerprint density at radius 1 is 0.870 bits per heavy atom. The lowest BCUT2D eigenvalue weighted by molar-refractivity contribution is 0.589. The molecule has 0 fully saturated rings. The Bertz CT molecular complexity index is 818. The van der Waals surface area contributed by atoms with Gasteiger partial charge in [-0.1, -0.05) is 45.0 Å². The second-order valence-electron chi connectivity index (χ2n) is 6.61. The summed E-state index contributed by atoms with van der Waals surface area (Å²) < 4.78 is 1.00. The van der Waals surface area contributed by atoms with Gasteiger partial charge in [-0.05, 0) is 56.2 Å². The topological polar surface area (TPSA) is 25.8 Å². The number of hydrogen-bond donors (Lipinski definition) is 0. The molecule has 23 heavy (non-hydrogen) atoms. The molecule has 3 aromatic rings. The van der Waals surface area contributed by atoms with Crippen molar-refractivity contribution >= 4 is 15.9 Å². The molecule has 0 N–H and O–H groups in total.